The van der Waals surface area contributed by atoms with Crippen LogP contribution >= 0.6 is 0 Å². The van der Waals surface area contributed by atoms with E-state index in [9.17, 15) is 4.79 Å². The van der Waals surface area contributed by atoms with Crippen molar-refractivity contribution >= 4 is 16.7 Å². The molecule has 1 amide bonds. The first-order valence-electron chi connectivity index (χ1n) is 4.85. The van der Waals surface area contributed by atoms with Crippen LogP contribution in [0.3, 0.4) is 0 Å². The second-order valence-corrected chi connectivity index (χ2v) is 3.30. The summed E-state index contributed by atoms with van der Waals surface area (Å²) < 4.78 is 5.30. The number of hydrogen-bond donors (Lipinski definition) is 2. The normalized spacial score (nSPS) is 10.1. The van der Waals surface area contributed by atoms with Crippen LogP contribution in [-0.2, 0) is 4.79 Å². The van der Waals surface area contributed by atoms with E-state index in [1.807, 2.05) is 36.4 Å². The molecule has 4 heteroatoms. The van der Waals surface area contributed by atoms with Crippen LogP contribution in [0.1, 0.15) is 0 Å². The van der Waals surface area contributed by atoms with Gasteiger partial charge in [-0.15, -0.1) is 0 Å². The van der Waals surface area contributed by atoms with Gasteiger partial charge in [0.1, 0.15) is 5.75 Å². The second kappa shape index (κ2) is 4.63. The zero-order chi connectivity index (χ0) is 11.4. The molecule has 0 saturated heterocycles. The molecule has 0 fully saturated rings. The number of fused-ring (bicyclic) bond motifs is 1. The summed E-state index contributed by atoms with van der Waals surface area (Å²) in [6, 6.07) is 13.3. The Kier molecular flexibility index (Phi) is 3.03. The van der Waals surface area contributed by atoms with Crippen molar-refractivity contribution in [3.63, 3.8) is 0 Å². The number of amides is 1. The fraction of sp³-hybridized carbons (Fsp3) is 0.0833. The smallest absolute Gasteiger partial charge is 0.281 e. The highest BCUT2D eigenvalue weighted by Gasteiger charge is 2.03. The molecule has 0 saturated carbocycles. The molecule has 0 unspecified atom stereocenters. The van der Waals surface area contributed by atoms with E-state index in [4.69, 9.17) is 9.94 Å². The molecule has 0 heterocycles. The Morgan fingerprint density at radius 1 is 1.19 bits per heavy atom. The Hall–Kier alpha value is -2.07. The summed E-state index contributed by atoms with van der Waals surface area (Å²) in [4.78, 5) is 10.8. The zero-order valence-electron chi connectivity index (χ0n) is 8.51. The van der Waals surface area contributed by atoms with Gasteiger partial charge in [0, 0.05) is 5.39 Å². The third-order valence-corrected chi connectivity index (χ3v) is 2.23. The van der Waals surface area contributed by atoms with Crippen molar-refractivity contribution in [2.24, 2.45) is 0 Å². The van der Waals surface area contributed by atoms with Crippen LogP contribution in [0.2, 0.25) is 0 Å². The highest BCUT2D eigenvalue weighted by molar-refractivity contribution is 5.88. The Bertz CT molecular complexity index is 505. The molecule has 2 rings (SSSR count). The Morgan fingerprint density at radius 3 is 2.75 bits per heavy atom. The number of carbonyl (C=O) groups excluding carboxylic acids is 1. The van der Waals surface area contributed by atoms with Crippen molar-refractivity contribution in [2.75, 3.05) is 6.61 Å². The first-order valence-corrected chi connectivity index (χ1v) is 4.85. The minimum absolute atomic E-state index is 0.204. The summed E-state index contributed by atoms with van der Waals surface area (Å²) >= 11 is 0. The molecule has 82 valence electrons. The van der Waals surface area contributed by atoms with Gasteiger partial charge in [-0.05, 0) is 11.5 Å². The number of ether oxygens (including phenoxy) is 1. The predicted molar refractivity (Wildman–Crippen MR) is 59.4 cm³/mol. The fourth-order valence-corrected chi connectivity index (χ4v) is 1.50. The van der Waals surface area contributed by atoms with Crippen molar-refractivity contribution in [3.05, 3.63) is 42.5 Å². The van der Waals surface area contributed by atoms with E-state index in [1.165, 1.54) is 5.48 Å². The first kappa shape index (κ1) is 10.4. The number of hydroxylamine groups is 1. The van der Waals surface area contributed by atoms with E-state index in [-0.39, 0.29) is 6.61 Å². The maximum atomic E-state index is 10.8. The zero-order valence-corrected chi connectivity index (χ0v) is 8.51. The lowest BCUT2D eigenvalue weighted by atomic mass is 10.1. The molecule has 4 nitrogen and oxygen atoms in total. The highest BCUT2D eigenvalue weighted by atomic mass is 16.5. The standard InChI is InChI=1S/C12H11NO3/c14-12(13-15)8-16-11-7-3-5-9-4-1-2-6-10(9)11/h1-7,15H,8H2,(H,13,14). The van der Waals surface area contributed by atoms with Crippen molar-refractivity contribution in [1.82, 2.24) is 5.48 Å². The lowest BCUT2D eigenvalue weighted by molar-refractivity contribution is -0.131. The van der Waals surface area contributed by atoms with Gasteiger partial charge in [-0.25, -0.2) is 5.48 Å². The van der Waals surface area contributed by atoms with E-state index in [2.05, 4.69) is 0 Å². The highest BCUT2D eigenvalue weighted by Crippen LogP contribution is 2.24. The summed E-state index contributed by atoms with van der Waals surface area (Å²) in [6.07, 6.45) is 0. The van der Waals surface area contributed by atoms with E-state index in [0.29, 0.717) is 5.75 Å². The number of benzene rings is 2. The van der Waals surface area contributed by atoms with Gasteiger partial charge in [0.15, 0.2) is 6.61 Å². The molecule has 2 aromatic carbocycles. The van der Waals surface area contributed by atoms with Crippen molar-refractivity contribution in [1.29, 1.82) is 0 Å². The molecule has 2 N–H and O–H groups in total. The van der Waals surface area contributed by atoms with Crippen molar-refractivity contribution < 1.29 is 14.7 Å². The molecule has 0 aliphatic rings. The maximum absolute atomic E-state index is 10.8. The van der Waals surface area contributed by atoms with E-state index >= 15 is 0 Å². The average Bonchev–Trinajstić information content (AvgIpc) is 2.35. The van der Waals surface area contributed by atoms with Crippen molar-refractivity contribution in [2.45, 2.75) is 0 Å². The Labute approximate surface area is 92.4 Å². The lowest BCUT2D eigenvalue weighted by Gasteiger charge is -2.07. The molecule has 0 aliphatic heterocycles. The van der Waals surface area contributed by atoms with Gasteiger partial charge in [-0.2, -0.15) is 0 Å². The summed E-state index contributed by atoms with van der Waals surface area (Å²) in [5.41, 5.74) is 1.52. The summed E-state index contributed by atoms with van der Waals surface area (Å²) in [5, 5.41) is 10.3. The molecular weight excluding hydrogens is 206 g/mol. The van der Waals surface area contributed by atoms with E-state index in [1.54, 1.807) is 6.07 Å². The largest absolute Gasteiger partial charge is 0.483 e. The molecule has 0 radical (unpaired) electrons. The maximum Gasteiger partial charge on any atom is 0.281 e. The van der Waals surface area contributed by atoms with Gasteiger partial charge in [0.2, 0.25) is 0 Å². The summed E-state index contributed by atoms with van der Waals surface area (Å²) in [5.74, 6) is 0.0506. The molecule has 0 aromatic heterocycles. The third kappa shape index (κ3) is 2.12. The molecule has 0 spiro atoms. The van der Waals surface area contributed by atoms with Crippen LogP contribution in [0, 0.1) is 0 Å². The predicted octanol–water partition coefficient (Wildman–Crippen LogP) is 1.72. The Balaban J connectivity index is 2.27. The molecule has 0 bridgehead atoms. The first-order chi connectivity index (χ1) is 7.81. The van der Waals surface area contributed by atoms with Crippen LogP contribution in [0.5, 0.6) is 5.75 Å². The van der Waals surface area contributed by atoms with Crippen LogP contribution in [0.4, 0.5) is 0 Å². The van der Waals surface area contributed by atoms with Crippen LogP contribution in [-0.4, -0.2) is 17.7 Å². The number of carbonyl (C=O) groups is 1. The lowest BCUT2D eigenvalue weighted by Crippen LogP contribution is -2.25. The number of hydrogen-bond acceptors (Lipinski definition) is 3. The number of nitrogens with one attached hydrogen (secondary N) is 1. The minimum Gasteiger partial charge on any atom is -0.483 e. The van der Waals surface area contributed by atoms with E-state index in [0.717, 1.165) is 10.8 Å². The van der Waals surface area contributed by atoms with Crippen LogP contribution < -0.4 is 10.2 Å². The minimum atomic E-state index is -0.576. The quantitative estimate of drug-likeness (QED) is 0.608. The summed E-state index contributed by atoms with van der Waals surface area (Å²) in [7, 11) is 0. The van der Waals surface area contributed by atoms with Gasteiger partial charge in [-0.1, -0.05) is 36.4 Å². The van der Waals surface area contributed by atoms with Gasteiger partial charge < -0.3 is 4.74 Å². The van der Waals surface area contributed by atoms with Crippen molar-refractivity contribution in [3.8, 4) is 5.75 Å². The van der Waals surface area contributed by atoms with Crippen LogP contribution in [0.15, 0.2) is 42.5 Å². The van der Waals surface area contributed by atoms with E-state index < -0.39 is 5.91 Å². The van der Waals surface area contributed by atoms with Gasteiger partial charge in [0.25, 0.3) is 5.91 Å². The topological polar surface area (TPSA) is 58.6 Å². The Morgan fingerprint density at radius 2 is 1.94 bits per heavy atom. The fourth-order valence-electron chi connectivity index (χ4n) is 1.50. The van der Waals surface area contributed by atoms with Gasteiger partial charge in [-0.3, -0.25) is 10.0 Å². The van der Waals surface area contributed by atoms with Gasteiger partial charge in [0.05, 0.1) is 0 Å². The number of rotatable bonds is 3. The monoisotopic (exact) mass is 217 g/mol. The molecule has 0 atom stereocenters. The molecule has 2 aromatic rings. The summed E-state index contributed by atoms with van der Waals surface area (Å²) in [6.45, 7) is -0.204. The SMILES string of the molecule is O=C(COc1cccc2ccccc12)NO. The van der Waals surface area contributed by atoms with Crippen LogP contribution in [0.25, 0.3) is 10.8 Å². The second-order valence-electron chi connectivity index (χ2n) is 3.30. The molecular formula is C12H11NO3. The average molecular weight is 217 g/mol. The third-order valence-electron chi connectivity index (χ3n) is 2.23. The molecule has 16 heavy (non-hydrogen) atoms. The molecule has 0 aliphatic carbocycles. The van der Waals surface area contributed by atoms with Gasteiger partial charge >= 0.3 is 0 Å².